The van der Waals surface area contributed by atoms with Crippen LogP contribution < -0.4 is 15.9 Å². The molecule has 19 atom stereocenters. The van der Waals surface area contributed by atoms with Crippen molar-refractivity contribution < 1.29 is 63.2 Å². The first-order chi connectivity index (χ1) is 37.9. The van der Waals surface area contributed by atoms with Crippen molar-refractivity contribution in [2.45, 2.75) is 224 Å². The van der Waals surface area contributed by atoms with E-state index >= 15 is 4.79 Å². The smallest absolute Gasteiger partial charge is 0.421 e. The van der Waals surface area contributed by atoms with Crippen LogP contribution in [0.3, 0.4) is 0 Å². The van der Waals surface area contributed by atoms with E-state index in [4.69, 9.17) is 33.2 Å². The molecule has 1 amide bonds. The molecule has 4 aliphatic rings. The number of likely N-dealkylation sites (N-methyl/N-ethyl adjacent to an activating group) is 1. The Morgan fingerprint density at radius 1 is 0.775 bits per heavy atom. The predicted octanol–water partition coefficient (Wildman–Crippen LogP) is 8.11. The van der Waals surface area contributed by atoms with E-state index in [0.717, 1.165) is 31.8 Å². The van der Waals surface area contributed by atoms with Crippen molar-refractivity contribution in [3.63, 3.8) is 0 Å². The summed E-state index contributed by atoms with van der Waals surface area (Å²) in [6, 6.07) is 31.9. The minimum Gasteiger partial charge on any atom is -0.421 e. The van der Waals surface area contributed by atoms with Gasteiger partial charge in [0.15, 0.2) is 12.6 Å². The molecular formula is C64H99N2O13P. The van der Waals surface area contributed by atoms with Crippen LogP contribution in [-0.4, -0.2) is 166 Å². The fourth-order valence-corrected chi connectivity index (χ4v) is 19.5. The summed E-state index contributed by atoms with van der Waals surface area (Å²) in [4.78, 5) is 32.2. The molecule has 4 aliphatic heterocycles. The van der Waals surface area contributed by atoms with E-state index < -0.39 is 109 Å². The van der Waals surface area contributed by atoms with Crippen LogP contribution in [-0.2, 0) is 38.0 Å². The molecular weight excluding hydrogens is 1040 g/mol. The van der Waals surface area contributed by atoms with Gasteiger partial charge in [-0.05, 0) is 73.4 Å². The number of methoxy groups -OCH3 is 1. The molecule has 0 radical (unpaired) electrons. The molecule has 0 bridgehead atoms. The summed E-state index contributed by atoms with van der Waals surface area (Å²) in [6.07, 6.45) is -3.04. The number of hydrogen-bond acceptors (Lipinski definition) is 14. The third kappa shape index (κ3) is 14.0. The van der Waals surface area contributed by atoms with Crippen molar-refractivity contribution in [2.75, 3.05) is 33.9 Å². The van der Waals surface area contributed by atoms with Crippen LogP contribution in [0.1, 0.15) is 133 Å². The second kappa shape index (κ2) is 27.4. The third-order valence-electron chi connectivity index (χ3n) is 18.9. The van der Waals surface area contributed by atoms with E-state index in [0.29, 0.717) is 19.3 Å². The van der Waals surface area contributed by atoms with Gasteiger partial charge in [0.05, 0.1) is 35.6 Å². The van der Waals surface area contributed by atoms with Gasteiger partial charge in [0.1, 0.15) is 18.3 Å². The molecule has 4 saturated heterocycles. The summed E-state index contributed by atoms with van der Waals surface area (Å²) in [5.74, 6) is -2.48. The fraction of sp³-hybridized carbons (Fsp3) is 0.688. The number of fused-ring (bicyclic) bond motifs is 1. The Balaban J connectivity index is 1.17. The summed E-state index contributed by atoms with van der Waals surface area (Å²) in [6.45, 7) is 18.8. The first kappa shape index (κ1) is 64.0. The molecule has 2 unspecified atom stereocenters. The van der Waals surface area contributed by atoms with Crippen LogP contribution in [0.15, 0.2) is 91.0 Å². The SMILES string of the molecule is CC[C@H]1OC(O)[C@H](C)[C@@H](C2C[C@@](C)(OC)[C@@H](O)[C@H](C)O2)[C@H](C)[C@@H](O[C@@H]2O[C@H](C)C[C@H](N(C)C)[C@H]2O)[C@](C)(O)C[C@@H](C)CN(C(=O)CCCCCCC[PH](c2ccccc2)(c2ccccc2)c2ccccc2)[C@H](C)[C@H]2OC(=O)O[C@@]21C. The second-order valence-electron chi connectivity index (χ2n) is 25.2. The Morgan fingerprint density at radius 3 is 1.89 bits per heavy atom. The Hall–Kier alpha value is -3.57. The molecule has 3 aromatic rings. The van der Waals surface area contributed by atoms with E-state index in [9.17, 15) is 25.2 Å². The Kier molecular flexibility index (Phi) is 21.9. The zero-order valence-corrected chi connectivity index (χ0v) is 51.2. The zero-order valence-electron chi connectivity index (χ0n) is 50.2. The monoisotopic (exact) mass is 1130 g/mol. The first-order valence-electron chi connectivity index (χ1n) is 29.9. The zero-order chi connectivity index (χ0) is 58.3. The van der Waals surface area contributed by atoms with Gasteiger partial charge in [0.25, 0.3) is 0 Å². The van der Waals surface area contributed by atoms with Crippen molar-refractivity contribution in [1.82, 2.24) is 9.80 Å². The maximum absolute atomic E-state index is 15.0. The standard InChI is InChI=1S/C64H99N2O13P/c1-14-52-64(10)58(78-61(71)79-64)45(6)66(53(67)35-27-16-15-17-28-36-80(47-29-21-18-22-30-47,48-31-23-19-24-32-48)49-33-25-20-26-34-49)40-41(2)38-62(8,72)57(77-60-55(68)50(65(11)12)37-42(3)74-60)43(4)54(44(5)59(70)76-52)51-39-63(9,73-13)56(69)46(7)75-51/h18-26,29-34,41-46,50-52,54-60,68-70,72,80H,14-17,27-28,35-40H2,1-13H3/t41-,42-,43+,44-,45-,46+,50+,51?,52-,54+,55-,56+,57-,58-,59?,60+,62-,63-,64-/m1/s1. The number of rotatable bonds is 17. The average Bonchev–Trinajstić information content (AvgIpc) is 3.81. The number of nitrogens with zero attached hydrogens (tertiary/aromatic N) is 2. The van der Waals surface area contributed by atoms with Crippen molar-refractivity contribution in [1.29, 1.82) is 0 Å². The topological polar surface area (TPSA) is 186 Å². The molecule has 7 rings (SSSR count). The molecule has 4 heterocycles. The van der Waals surface area contributed by atoms with Gasteiger partial charge in [0.2, 0.25) is 0 Å². The number of unbranched alkanes of at least 4 members (excludes halogenated alkanes) is 4. The Morgan fingerprint density at radius 2 is 1.34 bits per heavy atom. The average molecular weight is 1140 g/mol. The van der Waals surface area contributed by atoms with Crippen molar-refractivity contribution >= 4 is 35.2 Å². The van der Waals surface area contributed by atoms with E-state index in [1.807, 2.05) is 67.5 Å². The van der Waals surface area contributed by atoms with Gasteiger partial charge < -0.3 is 53.7 Å². The van der Waals surface area contributed by atoms with E-state index in [1.54, 1.807) is 32.8 Å². The van der Waals surface area contributed by atoms with E-state index in [-0.39, 0.29) is 49.8 Å². The number of carbonyl (C=O) groups excluding carboxylic acids is 2. The van der Waals surface area contributed by atoms with E-state index in [1.165, 1.54) is 15.9 Å². The van der Waals surface area contributed by atoms with Crippen molar-refractivity contribution in [2.24, 2.45) is 23.7 Å². The molecule has 448 valence electrons. The molecule has 0 saturated carbocycles. The minimum absolute atomic E-state index is 0.111. The Labute approximate surface area is 478 Å². The Bertz CT molecular complexity index is 2310. The third-order valence-corrected chi connectivity index (χ3v) is 24.0. The number of aliphatic hydroxyl groups is 4. The number of ether oxygens (including phenoxy) is 7. The van der Waals surface area contributed by atoms with Gasteiger partial charge in [-0.2, -0.15) is 0 Å². The number of benzene rings is 3. The van der Waals surface area contributed by atoms with Crippen molar-refractivity contribution in [3.05, 3.63) is 91.0 Å². The molecule has 3 aromatic carbocycles. The fourth-order valence-electron chi connectivity index (χ4n) is 14.6. The maximum atomic E-state index is 15.0. The molecule has 0 aromatic heterocycles. The summed E-state index contributed by atoms with van der Waals surface area (Å²) < 4.78 is 45.0. The summed E-state index contributed by atoms with van der Waals surface area (Å²) >= 11 is 0. The molecule has 4 fully saturated rings. The molecule has 0 spiro atoms. The summed E-state index contributed by atoms with van der Waals surface area (Å²) in [7, 11) is 3.00. The predicted molar refractivity (Wildman–Crippen MR) is 315 cm³/mol. The first-order valence-corrected chi connectivity index (χ1v) is 32.1. The van der Waals surface area contributed by atoms with Crippen LogP contribution in [0.2, 0.25) is 0 Å². The van der Waals surface area contributed by atoms with Crippen molar-refractivity contribution in [3.8, 4) is 0 Å². The summed E-state index contributed by atoms with van der Waals surface area (Å²) in [5.41, 5.74) is -4.12. The second-order valence-corrected chi connectivity index (χ2v) is 29.2. The van der Waals surface area contributed by atoms with Crippen LogP contribution in [0.25, 0.3) is 0 Å². The van der Waals surface area contributed by atoms with Gasteiger partial charge in [-0.25, -0.2) is 4.79 Å². The molecule has 0 aliphatic carbocycles. The van der Waals surface area contributed by atoms with Gasteiger partial charge in [-0.15, -0.1) is 0 Å². The molecule has 15 nitrogen and oxygen atoms in total. The number of carbonyl (C=O) groups is 2. The number of amides is 1. The van der Waals surface area contributed by atoms with Crippen LogP contribution in [0, 0.1) is 23.7 Å². The summed E-state index contributed by atoms with van der Waals surface area (Å²) in [5, 5.41) is 53.3. The van der Waals surface area contributed by atoms with Crippen LogP contribution in [0.4, 0.5) is 4.79 Å². The van der Waals surface area contributed by atoms with Gasteiger partial charge in [-0.1, -0.05) is 20.8 Å². The molecule has 80 heavy (non-hydrogen) atoms. The van der Waals surface area contributed by atoms with E-state index in [2.05, 4.69) is 91.0 Å². The van der Waals surface area contributed by atoms with Gasteiger partial charge >= 0.3 is 236 Å². The minimum atomic E-state index is -2.38. The van der Waals surface area contributed by atoms with Gasteiger partial charge in [-0.3, -0.25) is 0 Å². The number of hydrogen-bond donors (Lipinski definition) is 4. The number of aliphatic hydroxyl groups excluding tert-OH is 3. The molecule has 16 heteroatoms. The van der Waals surface area contributed by atoms with Crippen LogP contribution >= 0.6 is 7.26 Å². The molecule has 4 N–H and O–H groups in total. The van der Waals surface area contributed by atoms with Gasteiger partial charge in [0, 0.05) is 25.5 Å². The normalized spacial score (nSPS) is 37.9. The quantitative estimate of drug-likeness (QED) is 0.0577. The van der Waals surface area contributed by atoms with Crippen LogP contribution in [0.5, 0.6) is 0 Å².